The average Bonchev–Trinajstić information content (AvgIpc) is 2.68. The Kier molecular flexibility index (Phi) is 7.85. The third kappa shape index (κ3) is 7.54. The zero-order valence-corrected chi connectivity index (χ0v) is 18.9. The number of nitrogens with one attached hydrogen (secondary N) is 2. The van der Waals surface area contributed by atoms with Crippen LogP contribution in [0.2, 0.25) is 0 Å². The van der Waals surface area contributed by atoms with Crippen LogP contribution >= 0.6 is 0 Å². The molecule has 29 heavy (non-hydrogen) atoms. The van der Waals surface area contributed by atoms with E-state index >= 15 is 0 Å². The van der Waals surface area contributed by atoms with Crippen LogP contribution < -0.4 is 10.6 Å². The highest BCUT2D eigenvalue weighted by molar-refractivity contribution is 7.89. The van der Waals surface area contributed by atoms with Crippen molar-refractivity contribution < 1.29 is 8.42 Å². The van der Waals surface area contributed by atoms with E-state index in [2.05, 4.69) is 60.7 Å². The summed E-state index contributed by atoms with van der Waals surface area (Å²) in [4.78, 5) is 4.31. The topological polar surface area (TPSA) is 70.6 Å². The second-order valence-electron chi connectivity index (χ2n) is 8.10. The summed E-state index contributed by atoms with van der Waals surface area (Å²) < 4.78 is 22.8. The second-order valence-corrected chi connectivity index (χ2v) is 10.2. The summed E-state index contributed by atoms with van der Waals surface area (Å²) in [6, 6.07) is 16.4. The van der Waals surface area contributed by atoms with Crippen molar-refractivity contribution in [2.75, 3.05) is 19.8 Å². The normalized spacial score (nSPS) is 12.7. The number of guanidine groups is 1. The number of sulfone groups is 1. The molecule has 0 saturated heterocycles. The van der Waals surface area contributed by atoms with E-state index in [1.54, 1.807) is 7.05 Å². The molecule has 0 unspecified atom stereocenters. The maximum Gasteiger partial charge on any atom is 0.191 e. The van der Waals surface area contributed by atoms with Crippen LogP contribution in [0, 0.1) is 0 Å². The van der Waals surface area contributed by atoms with E-state index in [1.165, 1.54) is 17.4 Å². The van der Waals surface area contributed by atoms with Crippen LogP contribution in [0.15, 0.2) is 53.5 Å². The molecule has 0 bridgehead atoms. The molecular weight excluding hydrogens is 382 g/mol. The van der Waals surface area contributed by atoms with Crippen LogP contribution in [-0.4, -0.2) is 34.2 Å². The molecule has 0 fully saturated rings. The highest BCUT2D eigenvalue weighted by Crippen LogP contribution is 2.22. The van der Waals surface area contributed by atoms with Gasteiger partial charge in [-0.2, -0.15) is 0 Å². The Labute approximate surface area is 175 Å². The first-order chi connectivity index (χ1) is 13.6. The molecule has 158 valence electrons. The molecular formula is C23H33N3O2S. The number of nitrogens with zero attached hydrogens (tertiary/aromatic N) is 1. The Morgan fingerprint density at radius 3 is 2.00 bits per heavy atom. The minimum absolute atomic E-state index is 0.0306. The van der Waals surface area contributed by atoms with Gasteiger partial charge < -0.3 is 10.6 Å². The Morgan fingerprint density at radius 2 is 1.48 bits per heavy atom. The lowest BCUT2D eigenvalue weighted by molar-refractivity contribution is 0.508. The number of benzene rings is 2. The molecule has 0 radical (unpaired) electrons. The van der Waals surface area contributed by atoms with Gasteiger partial charge in [0.2, 0.25) is 0 Å². The fourth-order valence-electron chi connectivity index (χ4n) is 3.06. The van der Waals surface area contributed by atoms with Crippen molar-refractivity contribution in [2.45, 2.75) is 44.9 Å². The van der Waals surface area contributed by atoms with Gasteiger partial charge in [-0.15, -0.1) is 0 Å². The first-order valence-corrected chi connectivity index (χ1v) is 12.0. The van der Waals surface area contributed by atoms with E-state index in [9.17, 15) is 8.42 Å². The highest BCUT2D eigenvalue weighted by Gasteiger charge is 2.20. The van der Waals surface area contributed by atoms with E-state index in [0.717, 1.165) is 30.1 Å². The molecule has 0 aliphatic carbocycles. The predicted molar refractivity (Wildman–Crippen MR) is 122 cm³/mol. The van der Waals surface area contributed by atoms with Gasteiger partial charge in [0.25, 0.3) is 0 Å². The molecule has 6 heteroatoms. The van der Waals surface area contributed by atoms with Crippen molar-refractivity contribution in [3.63, 3.8) is 0 Å². The third-order valence-corrected chi connectivity index (χ3v) is 5.83. The summed E-state index contributed by atoms with van der Waals surface area (Å²) in [6.07, 6.45) is 2.29. The smallest absolute Gasteiger partial charge is 0.191 e. The largest absolute Gasteiger partial charge is 0.356 e. The molecule has 0 spiro atoms. The highest BCUT2D eigenvalue weighted by atomic mass is 32.2. The van der Waals surface area contributed by atoms with Crippen LogP contribution in [0.4, 0.5) is 0 Å². The summed E-state index contributed by atoms with van der Waals surface area (Å²) >= 11 is 0. The zero-order valence-electron chi connectivity index (χ0n) is 18.1. The minimum Gasteiger partial charge on any atom is -0.356 e. The quantitative estimate of drug-likeness (QED) is 0.512. The fourth-order valence-corrected chi connectivity index (χ4v) is 3.86. The van der Waals surface area contributed by atoms with Crippen molar-refractivity contribution >= 4 is 15.8 Å². The monoisotopic (exact) mass is 415 g/mol. The second kappa shape index (κ2) is 9.92. The van der Waals surface area contributed by atoms with Crippen molar-refractivity contribution in [3.8, 4) is 0 Å². The third-order valence-electron chi connectivity index (χ3n) is 4.98. The van der Waals surface area contributed by atoms with Gasteiger partial charge in [0.1, 0.15) is 0 Å². The number of rotatable bonds is 8. The van der Waals surface area contributed by atoms with Crippen molar-refractivity contribution in [3.05, 3.63) is 70.8 Å². The van der Waals surface area contributed by atoms with Gasteiger partial charge in [-0.1, -0.05) is 69.3 Å². The van der Waals surface area contributed by atoms with Gasteiger partial charge in [-0.3, -0.25) is 4.99 Å². The lowest BCUT2D eigenvalue weighted by Gasteiger charge is -2.27. The number of hydrogen-bond acceptors (Lipinski definition) is 3. The van der Waals surface area contributed by atoms with Gasteiger partial charge in [-0.25, -0.2) is 8.42 Å². The van der Waals surface area contributed by atoms with Crippen molar-refractivity contribution in [1.29, 1.82) is 0 Å². The van der Waals surface area contributed by atoms with Crippen LogP contribution in [-0.2, 0) is 34.0 Å². The van der Waals surface area contributed by atoms with Crippen LogP contribution in [0.1, 0.15) is 43.0 Å². The Balaban J connectivity index is 1.90. The number of aliphatic imine (C=N–C) groups is 1. The van der Waals surface area contributed by atoms with Gasteiger partial charge in [0.05, 0.1) is 5.75 Å². The maximum absolute atomic E-state index is 11.4. The zero-order chi connectivity index (χ0) is 21.5. The van der Waals surface area contributed by atoms with E-state index in [-0.39, 0.29) is 11.2 Å². The van der Waals surface area contributed by atoms with Crippen LogP contribution in [0.5, 0.6) is 0 Å². The lowest BCUT2D eigenvalue weighted by atomic mass is 9.84. The van der Waals surface area contributed by atoms with E-state index in [0.29, 0.717) is 6.54 Å². The lowest BCUT2D eigenvalue weighted by Crippen LogP contribution is -2.43. The molecule has 2 aromatic rings. The molecule has 0 aliphatic rings. The van der Waals surface area contributed by atoms with E-state index in [1.807, 2.05) is 24.3 Å². The first kappa shape index (κ1) is 22.9. The molecule has 2 rings (SSSR count). The molecule has 0 saturated carbocycles. The summed E-state index contributed by atoms with van der Waals surface area (Å²) in [6.45, 7) is 7.97. The van der Waals surface area contributed by atoms with Crippen LogP contribution in [0.25, 0.3) is 0 Å². The summed E-state index contributed by atoms with van der Waals surface area (Å²) in [7, 11) is -1.26. The van der Waals surface area contributed by atoms with Crippen LogP contribution in [0.3, 0.4) is 0 Å². The fraction of sp³-hybridized carbons (Fsp3) is 0.435. The molecule has 0 heterocycles. The Bertz CT molecular complexity index is 916. The van der Waals surface area contributed by atoms with Gasteiger partial charge in [-0.05, 0) is 28.7 Å². The molecule has 0 atom stereocenters. The summed E-state index contributed by atoms with van der Waals surface area (Å²) in [5.74, 6) is 0.807. The number of aryl methyl sites for hydroxylation is 1. The number of hydrogen-bond donors (Lipinski definition) is 2. The Morgan fingerprint density at radius 1 is 0.931 bits per heavy atom. The summed E-state index contributed by atoms with van der Waals surface area (Å²) in [5.41, 5.74) is 4.47. The minimum atomic E-state index is -3.01. The standard InChI is InChI=1S/C23H33N3O2S/c1-6-18-11-13-21(14-12-18)23(2,3)17-26-22(24-4)25-15-19-7-9-20(10-8-19)16-29(5,27)28/h7-14H,6,15-17H2,1-5H3,(H2,24,25,26). The van der Waals surface area contributed by atoms with Gasteiger partial charge in [0.15, 0.2) is 15.8 Å². The SMILES string of the molecule is CCc1ccc(C(C)(C)CNC(=NC)NCc2ccc(CS(C)(=O)=O)cc2)cc1. The summed E-state index contributed by atoms with van der Waals surface area (Å²) in [5, 5.41) is 6.73. The molecule has 2 N–H and O–H groups in total. The predicted octanol–water partition coefficient (Wildman–Crippen LogP) is 3.44. The molecule has 2 aromatic carbocycles. The maximum atomic E-state index is 11.4. The molecule has 0 aliphatic heterocycles. The van der Waals surface area contributed by atoms with E-state index in [4.69, 9.17) is 0 Å². The van der Waals surface area contributed by atoms with Gasteiger partial charge in [0, 0.05) is 31.8 Å². The molecule has 0 aromatic heterocycles. The van der Waals surface area contributed by atoms with Crippen molar-refractivity contribution in [1.82, 2.24) is 10.6 Å². The molecule has 5 nitrogen and oxygen atoms in total. The van der Waals surface area contributed by atoms with E-state index < -0.39 is 9.84 Å². The van der Waals surface area contributed by atoms with Crippen molar-refractivity contribution in [2.24, 2.45) is 4.99 Å². The Hall–Kier alpha value is -2.34. The molecule has 0 amide bonds. The van der Waals surface area contributed by atoms with Gasteiger partial charge >= 0.3 is 0 Å². The average molecular weight is 416 g/mol. The first-order valence-electron chi connectivity index (χ1n) is 9.92.